The van der Waals surface area contributed by atoms with Crippen molar-refractivity contribution >= 4 is 34.0 Å². The monoisotopic (exact) mass is 384 g/mol. The molecule has 5 nitrogen and oxygen atoms in total. The molecule has 2 aromatic carbocycles. The summed E-state index contributed by atoms with van der Waals surface area (Å²) in [6.45, 7) is -0.206. The first-order chi connectivity index (χ1) is 9.63. The molecule has 0 radical (unpaired) electrons. The van der Waals surface area contributed by atoms with Crippen molar-refractivity contribution in [3.8, 4) is 11.5 Å². The van der Waals surface area contributed by atoms with Crippen LogP contribution < -0.4 is 4.74 Å². The maximum Gasteiger partial charge on any atom is 0.120 e. The van der Waals surface area contributed by atoms with Gasteiger partial charge in [-0.2, -0.15) is 5.11 Å². The predicted molar refractivity (Wildman–Crippen MR) is 83.9 cm³/mol. The summed E-state index contributed by atoms with van der Waals surface area (Å²) < 4.78 is 6.04. The molecule has 20 heavy (non-hydrogen) atoms. The zero-order valence-corrected chi connectivity index (χ0v) is 12.9. The molecule has 0 fully saturated rings. The second-order valence-electron chi connectivity index (χ2n) is 3.99. The van der Waals surface area contributed by atoms with Gasteiger partial charge in [0.2, 0.25) is 0 Å². The number of hydrogen-bond acceptors (Lipinski definition) is 5. The highest BCUT2D eigenvalue weighted by atomic mass is 127. The number of nitrogens with zero attached hydrogens (tertiary/aromatic N) is 2. The molecule has 2 rings (SSSR count). The second kappa shape index (κ2) is 6.67. The summed E-state index contributed by atoms with van der Waals surface area (Å²) >= 11 is 2.15. The van der Waals surface area contributed by atoms with Crippen LogP contribution in [0.4, 0.5) is 11.4 Å². The summed E-state index contributed by atoms with van der Waals surface area (Å²) in [5.41, 5.74) is 1.76. The van der Waals surface area contributed by atoms with E-state index in [1.54, 1.807) is 19.2 Å². The number of aromatic hydroxyl groups is 1. The summed E-state index contributed by atoms with van der Waals surface area (Å²) in [5.74, 6) is 0.848. The van der Waals surface area contributed by atoms with E-state index in [1.807, 2.05) is 12.1 Å². The zero-order valence-electron chi connectivity index (χ0n) is 10.7. The molecular formula is C14H13IN2O3. The van der Waals surface area contributed by atoms with Crippen molar-refractivity contribution < 1.29 is 14.9 Å². The highest BCUT2D eigenvalue weighted by Crippen LogP contribution is 2.29. The number of aliphatic hydroxyl groups excluding tert-OH is 1. The van der Waals surface area contributed by atoms with Crippen LogP contribution in [0.25, 0.3) is 0 Å². The van der Waals surface area contributed by atoms with Gasteiger partial charge in [0.15, 0.2) is 0 Å². The average Bonchev–Trinajstić information content (AvgIpc) is 2.46. The first-order valence-electron chi connectivity index (χ1n) is 5.82. The van der Waals surface area contributed by atoms with Gasteiger partial charge in [0.05, 0.1) is 25.1 Å². The Hall–Kier alpha value is -1.67. The van der Waals surface area contributed by atoms with Crippen LogP contribution in [0.3, 0.4) is 0 Å². The van der Waals surface area contributed by atoms with Crippen molar-refractivity contribution in [1.82, 2.24) is 0 Å². The number of aliphatic hydroxyl groups is 1. The van der Waals surface area contributed by atoms with Gasteiger partial charge in [-0.15, -0.1) is 5.11 Å². The highest BCUT2D eigenvalue weighted by molar-refractivity contribution is 14.1. The molecule has 0 saturated carbocycles. The normalized spacial score (nSPS) is 10.9. The fourth-order valence-electron chi connectivity index (χ4n) is 1.60. The van der Waals surface area contributed by atoms with E-state index in [0.29, 0.717) is 16.9 Å². The lowest BCUT2D eigenvalue weighted by atomic mass is 10.2. The van der Waals surface area contributed by atoms with E-state index in [9.17, 15) is 10.2 Å². The fraction of sp³-hybridized carbons (Fsp3) is 0.143. The maximum absolute atomic E-state index is 9.36. The van der Waals surface area contributed by atoms with Crippen LogP contribution in [0.5, 0.6) is 11.5 Å². The average molecular weight is 384 g/mol. The van der Waals surface area contributed by atoms with Crippen molar-refractivity contribution in [1.29, 1.82) is 0 Å². The molecule has 0 amide bonds. The number of azo groups is 1. The number of hydrogen-bond donors (Lipinski definition) is 2. The van der Waals surface area contributed by atoms with Gasteiger partial charge in [-0.1, -0.05) is 0 Å². The van der Waals surface area contributed by atoms with Crippen LogP contribution in [0, 0.1) is 3.57 Å². The lowest BCUT2D eigenvalue weighted by Crippen LogP contribution is -1.84. The molecule has 0 aromatic heterocycles. The first-order valence-corrected chi connectivity index (χ1v) is 6.90. The fourth-order valence-corrected chi connectivity index (χ4v) is 2.19. The Morgan fingerprint density at radius 1 is 1.10 bits per heavy atom. The van der Waals surface area contributed by atoms with Crippen LogP contribution >= 0.6 is 22.6 Å². The van der Waals surface area contributed by atoms with Gasteiger partial charge in [0.1, 0.15) is 11.5 Å². The molecule has 2 N–H and O–H groups in total. The van der Waals surface area contributed by atoms with Gasteiger partial charge < -0.3 is 14.9 Å². The Kier molecular flexibility index (Phi) is 4.91. The number of phenolic OH excluding ortho intramolecular Hbond substituents is 1. The van der Waals surface area contributed by atoms with Crippen LogP contribution in [0.2, 0.25) is 0 Å². The number of ether oxygens (including phenoxy) is 1. The molecule has 0 bridgehead atoms. The molecule has 0 unspecified atom stereocenters. The van der Waals surface area contributed by atoms with E-state index in [2.05, 4.69) is 32.8 Å². The molecule has 0 aliphatic carbocycles. The van der Waals surface area contributed by atoms with Gasteiger partial charge in [-0.3, -0.25) is 0 Å². The van der Waals surface area contributed by atoms with E-state index in [0.717, 1.165) is 9.32 Å². The quantitative estimate of drug-likeness (QED) is 0.620. The lowest BCUT2D eigenvalue weighted by molar-refractivity contribution is 0.281. The first kappa shape index (κ1) is 14.7. The Bertz CT molecular complexity index is 644. The number of rotatable bonds is 4. The zero-order chi connectivity index (χ0) is 14.5. The Labute approximate surface area is 130 Å². The molecular weight excluding hydrogens is 371 g/mol. The number of halogens is 1. The Balaban J connectivity index is 2.29. The number of phenols is 1. The third kappa shape index (κ3) is 3.45. The van der Waals surface area contributed by atoms with Gasteiger partial charge in [-0.25, -0.2) is 0 Å². The van der Waals surface area contributed by atoms with Crippen molar-refractivity contribution in [3.05, 3.63) is 45.5 Å². The molecule has 0 atom stereocenters. The second-order valence-corrected chi connectivity index (χ2v) is 5.15. The standard InChI is InChI=1S/C14H13IN2O3/c1-20-11-3-5-14(12(15)7-11)17-16-13-4-2-10(19)6-9(13)8-18/h2-7,18-19H,8H2,1H3/b17-16+. The summed E-state index contributed by atoms with van der Waals surface area (Å²) in [7, 11) is 1.61. The minimum atomic E-state index is -0.206. The highest BCUT2D eigenvalue weighted by Gasteiger charge is 2.04. The smallest absolute Gasteiger partial charge is 0.120 e. The molecule has 0 saturated heterocycles. The molecule has 104 valence electrons. The van der Waals surface area contributed by atoms with Gasteiger partial charge in [0.25, 0.3) is 0 Å². The summed E-state index contributed by atoms with van der Waals surface area (Å²) in [6, 6.07) is 10.1. The Morgan fingerprint density at radius 2 is 1.80 bits per heavy atom. The van der Waals surface area contributed by atoms with E-state index >= 15 is 0 Å². The summed E-state index contributed by atoms with van der Waals surface area (Å²) in [5, 5.41) is 26.9. The van der Waals surface area contributed by atoms with E-state index in [1.165, 1.54) is 12.1 Å². The van der Waals surface area contributed by atoms with E-state index in [4.69, 9.17) is 4.74 Å². The number of methoxy groups -OCH3 is 1. The van der Waals surface area contributed by atoms with Crippen LogP contribution in [-0.4, -0.2) is 17.3 Å². The maximum atomic E-state index is 9.36. The van der Waals surface area contributed by atoms with Crippen LogP contribution in [-0.2, 0) is 6.61 Å². The third-order valence-electron chi connectivity index (χ3n) is 2.65. The molecule has 2 aromatic rings. The molecule has 6 heteroatoms. The van der Waals surface area contributed by atoms with Crippen molar-refractivity contribution in [2.75, 3.05) is 7.11 Å². The Morgan fingerprint density at radius 3 is 2.45 bits per heavy atom. The van der Waals surface area contributed by atoms with Crippen LogP contribution in [0.1, 0.15) is 5.56 Å². The van der Waals surface area contributed by atoms with Crippen molar-refractivity contribution in [2.45, 2.75) is 6.61 Å². The summed E-state index contributed by atoms with van der Waals surface area (Å²) in [6.07, 6.45) is 0. The van der Waals surface area contributed by atoms with Crippen molar-refractivity contribution in [3.63, 3.8) is 0 Å². The third-order valence-corrected chi connectivity index (χ3v) is 3.52. The number of benzene rings is 2. The van der Waals surface area contributed by atoms with Crippen LogP contribution in [0.15, 0.2) is 46.6 Å². The molecule has 0 aliphatic heterocycles. The van der Waals surface area contributed by atoms with E-state index < -0.39 is 0 Å². The topological polar surface area (TPSA) is 74.4 Å². The lowest BCUT2D eigenvalue weighted by Gasteiger charge is -2.04. The molecule has 0 spiro atoms. The van der Waals surface area contributed by atoms with Gasteiger partial charge >= 0.3 is 0 Å². The molecule has 0 heterocycles. The summed E-state index contributed by atoms with van der Waals surface area (Å²) in [4.78, 5) is 0. The SMILES string of the molecule is COc1ccc(/N=N/c2ccc(O)cc2CO)c(I)c1. The van der Waals surface area contributed by atoms with Crippen molar-refractivity contribution in [2.24, 2.45) is 10.2 Å². The minimum Gasteiger partial charge on any atom is -0.508 e. The predicted octanol–water partition coefficient (Wildman–Crippen LogP) is 3.91. The van der Waals surface area contributed by atoms with E-state index in [-0.39, 0.29) is 12.4 Å². The largest absolute Gasteiger partial charge is 0.508 e. The van der Waals surface area contributed by atoms with Gasteiger partial charge in [0, 0.05) is 9.13 Å². The van der Waals surface area contributed by atoms with Gasteiger partial charge in [-0.05, 0) is 59.0 Å². The molecule has 0 aliphatic rings. The minimum absolute atomic E-state index is 0.0898.